The van der Waals surface area contributed by atoms with Crippen molar-refractivity contribution >= 4 is 40.3 Å². The molecule has 0 aliphatic heterocycles. The van der Waals surface area contributed by atoms with E-state index in [-0.39, 0.29) is 17.9 Å². The molecule has 2 rings (SSSR count). The molecular formula is C19H13IN2O3. The van der Waals surface area contributed by atoms with Crippen molar-refractivity contribution in [3.05, 3.63) is 57.2 Å². The number of rotatable bonds is 5. The number of carbonyl (C=O) groups excluding carboxylic acids is 1. The number of halogens is 1. The monoisotopic (exact) mass is 444 g/mol. The van der Waals surface area contributed by atoms with E-state index in [1.165, 1.54) is 18.2 Å². The molecule has 0 heterocycles. The van der Waals surface area contributed by atoms with Crippen LogP contribution in [0.3, 0.4) is 0 Å². The smallest absolute Gasteiger partial charge is 0.266 e. The Morgan fingerprint density at radius 1 is 1.32 bits per heavy atom. The zero-order valence-corrected chi connectivity index (χ0v) is 15.1. The van der Waals surface area contributed by atoms with Gasteiger partial charge in [-0.2, -0.15) is 5.26 Å². The maximum Gasteiger partial charge on any atom is 0.266 e. The number of nitrogens with one attached hydrogen (secondary N) is 1. The number of phenols is 1. The highest BCUT2D eigenvalue weighted by Gasteiger charge is 2.10. The Kier molecular flexibility index (Phi) is 6.44. The van der Waals surface area contributed by atoms with E-state index in [4.69, 9.17) is 11.2 Å². The van der Waals surface area contributed by atoms with Crippen molar-refractivity contribution in [1.29, 1.82) is 5.26 Å². The van der Waals surface area contributed by atoms with E-state index < -0.39 is 5.91 Å². The van der Waals surface area contributed by atoms with Crippen molar-refractivity contribution in [1.82, 2.24) is 0 Å². The van der Waals surface area contributed by atoms with Crippen LogP contribution in [0, 0.1) is 27.2 Å². The van der Waals surface area contributed by atoms with Crippen LogP contribution in [0.1, 0.15) is 5.56 Å². The molecule has 0 radical (unpaired) electrons. The maximum atomic E-state index is 12.2. The molecule has 0 fully saturated rings. The first-order valence-corrected chi connectivity index (χ1v) is 8.19. The highest BCUT2D eigenvalue weighted by atomic mass is 127. The van der Waals surface area contributed by atoms with Gasteiger partial charge in [-0.1, -0.05) is 12.0 Å². The Morgan fingerprint density at radius 2 is 2.04 bits per heavy atom. The van der Waals surface area contributed by atoms with Crippen LogP contribution in [0.4, 0.5) is 5.69 Å². The van der Waals surface area contributed by atoms with Crippen molar-refractivity contribution in [2.75, 3.05) is 11.9 Å². The maximum absolute atomic E-state index is 12.2. The van der Waals surface area contributed by atoms with E-state index in [9.17, 15) is 15.2 Å². The Hall–Kier alpha value is -2.97. The van der Waals surface area contributed by atoms with Gasteiger partial charge in [0.15, 0.2) is 0 Å². The van der Waals surface area contributed by atoms with Crippen LogP contribution in [0.5, 0.6) is 11.5 Å². The lowest BCUT2D eigenvalue weighted by Crippen LogP contribution is -2.13. The van der Waals surface area contributed by atoms with Crippen molar-refractivity contribution in [3.8, 4) is 29.9 Å². The lowest BCUT2D eigenvalue weighted by molar-refractivity contribution is -0.112. The Balaban J connectivity index is 2.17. The predicted octanol–water partition coefficient (Wildman–Crippen LogP) is 3.55. The molecule has 5 nitrogen and oxygen atoms in total. The summed E-state index contributed by atoms with van der Waals surface area (Å²) in [6.07, 6.45) is 6.65. The fourth-order valence-corrected chi connectivity index (χ4v) is 2.60. The number of hydrogen-bond acceptors (Lipinski definition) is 4. The van der Waals surface area contributed by atoms with E-state index in [1.54, 1.807) is 30.3 Å². The molecule has 0 unspecified atom stereocenters. The minimum Gasteiger partial charge on any atom is -0.508 e. The summed E-state index contributed by atoms with van der Waals surface area (Å²) in [7, 11) is 0. The highest BCUT2D eigenvalue weighted by molar-refractivity contribution is 14.1. The number of carbonyl (C=O) groups is 1. The minimum absolute atomic E-state index is 0.0406. The third kappa shape index (κ3) is 5.27. The predicted molar refractivity (Wildman–Crippen MR) is 104 cm³/mol. The molecule has 25 heavy (non-hydrogen) atoms. The van der Waals surface area contributed by atoms with Gasteiger partial charge in [-0.25, -0.2) is 0 Å². The molecule has 0 saturated carbocycles. The average molecular weight is 444 g/mol. The molecule has 0 atom stereocenters. The normalized spacial score (nSPS) is 10.4. The SMILES string of the molecule is C#CCOc1ccc(/C=C(\C#N)C(=O)Nc2ccc(O)cc2)cc1I. The zero-order chi connectivity index (χ0) is 18.2. The van der Waals surface area contributed by atoms with Crippen LogP contribution in [0.2, 0.25) is 0 Å². The van der Waals surface area contributed by atoms with Crippen LogP contribution in [0.15, 0.2) is 48.0 Å². The molecule has 2 aromatic carbocycles. The van der Waals surface area contributed by atoms with Crippen molar-refractivity contribution < 1.29 is 14.6 Å². The Labute approximate surface area is 159 Å². The number of aromatic hydroxyl groups is 1. The van der Waals surface area contributed by atoms with E-state index in [0.29, 0.717) is 17.0 Å². The van der Waals surface area contributed by atoms with Crippen LogP contribution < -0.4 is 10.1 Å². The number of anilines is 1. The van der Waals surface area contributed by atoms with Gasteiger partial charge in [-0.15, -0.1) is 6.42 Å². The molecule has 6 heteroatoms. The molecule has 0 aromatic heterocycles. The minimum atomic E-state index is -0.532. The summed E-state index contributed by atoms with van der Waals surface area (Å²) in [5.74, 6) is 2.59. The molecule has 2 N–H and O–H groups in total. The second kappa shape index (κ2) is 8.76. The molecule has 0 bridgehead atoms. The topological polar surface area (TPSA) is 82.3 Å². The molecule has 1 amide bonds. The lowest BCUT2D eigenvalue weighted by atomic mass is 10.1. The summed E-state index contributed by atoms with van der Waals surface area (Å²) in [6.45, 7) is 0.170. The van der Waals surface area contributed by atoms with E-state index in [1.807, 2.05) is 6.07 Å². The van der Waals surface area contributed by atoms with Gasteiger partial charge in [-0.05, 0) is 70.6 Å². The Bertz CT molecular complexity index is 890. The fourth-order valence-electron chi connectivity index (χ4n) is 1.90. The van der Waals surface area contributed by atoms with E-state index >= 15 is 0 Å². The number of benzene rings is 2. The summed E-state index contributed by atoms with van der Waals surface area (Å²) in [5.41, 5.74) is 1.13. The number of phenolic OH excluding ortho intramolecular Hbond substituents is 1. The third-order valence-corrected chi connectivity index (χ3v) is 3.91. The van der Waals surface area contributed by atoms with Gasteiger partial charge in [0.1, 0.15) is 29.7 Å². The second-order valence-corrected chi connectivity index (χ2v) is 6.02. The van der Waals surface area contributed by atoms with Crippen LogP contribution in [-0.2, 0) is 4.79 Å². The molecular weight excluding hydrogens is 431 g/mol. The van der Waals surface area contributed by atoms with Crippen LogP contribution in [-0.4, -0.2) is 17.6 Å². The van der Waals surface area contributed by atoms with E-state index in [2.05, 4.69) is 33.8 Å². The van der Waals surface area contributed by atoms with E-state index in [0.717, 1.165) is 3.57 Å². The van der Waals surface area contributed by atoms with Crippen molar-refractivity contribution in [2.45, 2.75) is 0 Å². The first kappa shape index (κ1) is 18.4. The standard InChI is InChI=1S/C19H13IN2O3/c1-2-9-25-18-8-3-13(11-17(18)20)10-14(12-21)19(24)22-15-4-6-16(23)7-5-15/h1,3-8,10-11,23H,9H2,(H,22,24)/b14-10+. The quantitative estimate of drug-likeness (QED) is 0.243. The summed E-state index contributed by atoms with van der Waals surface area (Å²) in [4.78, 5) is 12.2. The zero-order valence-electron chi connectivity index (χ0n) is 13.0. The first-order valence-electron chi connectivity index (χ1n) is 7.11. The van der Waals surface area contributed by atoms with Gasteiger partial charge in [-0.3, -0.25) is 4.79 Å². The number of hydrogen-bond donors (Lipinski definition) is 2. The first-order chi connectivity index (χ1) is 12.0. The third-order valence-electron chi connectivity index (χ3n) is 3.07. The molecule has 0 aliphatic carbocycles. The van der Waals surface area contributed by atoms with Crippen LogP contribution in [0.25, 0.3) is 6.08 Å². The summed E-state index contributed by atoms with van der Waals surface area (Å²) >= 11 is 2.09. The number of amides is 1. The van der Waals surface area contributed by atoms with Crippen molar-refractivity contribution in [2.24, 2.45) is 0 Å². The van der Waals surface area contributed by atoms with Crippen molar-refractivity contribution in [3.63, 3.8) is 0 Å². The molecule has 124 valence electrons. The second-order valence-electron chi connectivity index (χ2n) is 4.85. The summed E-state index contributed by atoms with van der Waals surface area (Å²) in [5, 5.41) is 21.1. The van der Waals surface area contributed by atoms with Gasteiger partial charge in [0.2, 0.25) is 0 Å². The van der Waals surface area contributed by atoms with Gasteiger partial charge in [0, 0.05) is 5.69 Å². The number of nitriles is 1. The van der Waals surface area contributed by atoms with Crippen LogP contribution >= 0.6 is 22.6 Å². The Morgan fingerprint density at radius 3 is 2.64 bits per heavy atom. The number of terminal acetylenes is 1. The largest absolute Gasteiger partial charge is 0.508 e. The average Bonchev–Trinajstić information content (AvgIpc) is 2.60. The number of ether oxygens (including phenoxy) is 1. The highest BCUT2D eigenvalue weighted by Crippen LogP contribution is 2.23. The summed E-state index contributed by atoms with van der Waals surface area (Å²) < 4.78 is 6.20. The molecule has 0 saturated heterocycles. The molecule has 2 aromatic rings. The van der Waals surface area contributed by atoms with Gasteiger partial charge >= 0.3 is 0 Å². The fraction of sp³-hybridized carbons (Fsp3) is 0.0526. The molecule has 0 aliphatic rings. The van der Waals surface area contributed by atoms with Gasteiger partial charge in [0.25, 0.3) is 5.91 Å². The lowest BCUT2D eigenvalue weighted by Gasteiger charge is -2.07. The van der Waals surface area contributed by atoms with Gasteiger partial charge in [0.05, 0.1) is 3.57 Å². The molecule has 0 spiro atoms. The summed E-state index contributed by atoms with van der Waals surface area (Å²) in [6, 6.07) is 13.1. The number of nitrogens with zero attached hydrogens (tertiary/aromatic N) is 1. The van der Waals surface area contributed by atoms with Gasteiger partial charge < -0.3 is 15.2 Å².